The van der Waals surface area contributed by atoms with Crippen LogP contribution in [0.25, 0.3) is 0 Å². The first kappa shape index (κ1) is 6.10. The van der Waals surface area contributed by atoms with Crippen molar-refractivity contribution in [3.8, 4) is 0 Å². The lowest BCUT2D eigenvalue weighted by Crippen LogP contribution is -2.08. The predicted octanol–water partition coefficient (Wildman–Crippen LogP) is 1.39. The standard InChI is InChI=1S/C8H10FN/c9-8-3-1-2-6-4-10-5-7(6)8/h1,3,6,10H,2,4-5H2. The van der Waals surface area contributed by atoms with Gasteiger partial charge in [-0.3, -0.25) is 0 Å². The summed E-state index contributed by atoms with van der Waals surface area (Å²) in [6.45, 7) is 1.70. The average molecular weight is 139 g/mol. The van der Waals surface area contributed by atoms with Crippen molar-refractivity contribution in [1.82, 2.24) is 5.32 Å². The van der Waals surface area contributed by atoms with E-state index < -0.39 is 0 Å². The molecule has 0 saturated carbocycles. The van der Waals surface area contributed by atoms with E-state index in [9.17, 15) is 4.39 Å². The molecule has 1 atom stereocenters. The maximum Gasteiger partial charge on any atom is 0.123 e. The van der Waals surface area contributed by atoms with Crippen LogP contribution in [0.15, 0.2) is 23.6 Å². The van der Waals surface area contributed by atoms with Gasteiger partial charge >= 0.3 is 0 Å². The highest BCUT2D eigenvalue weighted by Gasteiger charge is 2.24. The molecule has 1 aliphatic heterocycles. The fraction of sp³-hybridized carbons (Fsp3) is 0.500. The highest BCUT2D eigenvalue weighted by Crippen LogP contribution is 2.28. The lowest BCUT2D eigenvalue weighted by Gasteiger charge is -2.11. The Morgan fingerprint density at radius 2 is 2.50 bits per heavy atom. The highest BCUT2D eigenvalue weighted by molar-refractivity contribution is 5.30. The summed E-state index contributed by atoms with van der Waals surface area (Å²) in [6.07, 6.45) is 4.51. The van der Waals surface area contributed by atoms with Crippen LogP contribution >= 0.6 is 0 Å². The number of halogens is 1. The molecule has 0 amide bonds. The van der Waals surface area contributed by atoms with Crippen molar-refractivity contribution in [3.63, 3.8) is 0 Å². The molecule has 1 unspecified atom stereocenters. The molecule has 54 valence electrons. The van der Waals surface area contributed by atoms with Crippen molar-refractivity contribution in [2.75, 3.05) is 13.1 Å². The zero-order chi connectivity index (χ0) is 6.97. The molecule has 2 rings (SSSR count). The Labute approximate surface area is 59.6 Å². The van der Waals surface area contributed by atoms with Crippen LogP contribution in [0, 0.1) is 5.92 Å². The summed E-state index contributed by atoms with van der Waals surface area (Å²) in [4.78, 5) is 0. The topological polar surface area (TPSA) is 12.0 Å². The first-order chi connectivity index (χ1) is 4.88. The maximum atomic E-state index is 12.9. The van der Waals surface area contributed by atoms with Gasteiger partial charge in [-0.05, 0) is 18.1 Å². The molecule has 0 radical (unpaired) electrons. The number of allylic oxidation sites excluding steroid dienone is 3. The molecule has 1 nitrogen and oxygen atoms in total. The molecule has 0 aromatic carbocycles. The van der Waals surface area contributed by atoms with Crippen molar-refractivity contribution >= 4 is 0 Å². The SMILES string of the molecule is FC1=C2CNCC2CC=C1. The van der Waals surface area contributed by atoms with E-state index in [1.165, 1.54) is 0 Å². The molecule has 0 bridgehead atoms. The number of rotatable bonds is 0. The smallest absolute Gasteiger partial charge is 0.123 e. The third-order valence-corrected chi connectivity index (χ3v) is 2.19. The van der Waals surface area contributed by atoms with Gasteiger partial charge in [-0.25, -0.2) is 4.39 Å². The third-order valence-electron chi connectivity index (χ3n) is 2.19. The molecule has 1 fully saturated rings. The fourth-order valence-corrected chi connectivity index (χ4v) is 1.60. The molecule has 1 N–H and O–H groups in total. The van der Waals surface area contributed by atoms with Gasteiger partial charge in [0.25, 0.3) is 0 Å². The van der Waals surface area contributed by atoms with Crippen LogP contribution in [0.2, 0.25) is 0 Å². The zero-order valence-electron chi connectivity index (χ0n) is 5.73. The van der Waals surface area contributed by atoms with Crippen LogP contribution < -0.4 is 5.32 Å². The molecule has 0 aromatic rings. The van der Waals surface area contributed by atoms with E-state index >= 15 is 0 Å². The second-order valence-corrected chi connectivity index (χ2v) is 2.84. The first-order valence-corrected chi connectivity index (χ1v) is 3.64. The van der Waals surface area contributed by atoms with Crippen LogP contribution in [0.5, 0.6) is 0 Å². The zero-order valence-corrected chi connectivity index (χ0v) is 5.73. The minimum Gasteiger partial charge on any atom is -0.312 e. The second-order valence-electron chi connectivity index (χ2n) is 2.84. The van der Waals surface area contributed by atoms with Gasteiger partial charge in [0.2, 0.25) is 0 Å². The molecule has 10 heavy (non-hydrogen) atoms. The summed E-state index contributed by atoms with van der Waals surface area (Å²) < 4.78 is 12.9. The molecule has 1 saturated heterocycles. The Kier molecular flexibility index (Phi) is 1.34. The summed E-state index contributed by atoms with van der Waals surface area (Å²) in [7, 11) is 0. The minimum absolute atomic E-state index is 0.0127. The van der Waals surface area contributed by atoms with Crippen molar-refractivity contribution in [1.29, 1.82) is 0 Å². The second kappa shape index (κ2) is 2.20. The largest absolute Gasteiger partial charge is 0.312 e. The maximum absolute atomic E-state index is 12.9. The monoisotopic (exact) mass is 139 g/mol. The van der Waals surface area contributed by atoms with Crippen molar-refractivity contribution in [2.24, 2.45) is 5.92 Å². The van der Waals surface area contributed by atoms with Crippen LogP contribution in [0.4, 0.5) is 4.39 Å². The van der Waals surface area contributed by atoms with Crippen LogP contribution in [0.3, 0.4) is 0 Å². The number of nitrogens with one attached hydrogen (secondary N) is 1. The van der Waals surface area contributed by atoms with Gasteiger partial charge in [0.05, 0.1) is 0 Å². The molecule has 1 heterocycles. The third kappa shape index (κ3) is 0.797. The Balaban J connectivity index is 2.32. The summed E-state index contributed by atoms with van der Waals surface area (Å²) in [5, 5.41) is 3.16. The van der Waals surface area contributed by atoms with Gasteiger partial charge in [0, 0.05) is 19.0 Å². The van der Waals surface area contributed by atoms with Crippen LogP contribution in [-0.2, 0) is 0 Å². The van der Waals surface area contributed by atoms with Gasteiger partial charge in [-0.15, -0.1) is 0 Å². The number of fused-ring (bicyclic) bond motifs is 1. The van der Waals surface area contributed by atoms with Gasteiger partial charge in [-0.2, -0.15) is 0 Å². The van der Waals surface area contributed by atoms with Gasteiger partial charge < -0.3 is 5.32 Å². The van der Waals surface area contributed by atoms with E-state index in [4.69, 9.17) is 0 Å². The lowest BCUT2D eigenvalue weighted by molar-refractivity contribution is 0.590. The van der Waals surface area contributed by atoms with Crippen molar-refractivity contribution in [3.05, 3.63) is 23.6 Å². The molecular formula is C8H10FN. The Bertz CT molecular complexity index is 205. The normalized spacial score (nSPS) is 31.1. The number of hydrogen-bond acceptors (Lipinski definition) is 1. The predicted molar refractivity (Wildman–Crippen MR) is 38.3 cm³/mol. The minimum atomic E-state index is -0.0127. The highest BCUT2D eigenvalue weighted by atomic mass is 19.1. The molecule has 2 heteroatoms. The van der Waals surface area contributed by atoms with Crippen molar-refractivity contribution in [2.45, 2.75) is 6.42 Å². The lowest BCUT2D eigenvalue weighted by atomic mass is 9.94. The quantitative estimate of drug-likeness (QED) is 0.534. The summed E-state index contributed by atoms with van der Waals surface area (Å²) in [5.74, 6) is 0.436. The fourth-order valence-electron chi connectivity index (χ4n) is 1.60. The molecule has 1 aliphatic carbocycles. The Morgan fingerprint density at radius 3 is 3.30 bits per heavy atom. The van der Waals surface area contributed by atoms with Gasteiger partial charge in [-0.1, -0.05) is 6.08 Å². The van der Waals surface area contributed by atoms with Crippen LogP contribution in [0.1, 0.15) is 6.42 Å². The summed E-state index contributed by atoms with van der Waals surface area (Å²) in [6, 6.07) is 0. The Hall–Kier alpha value is -0.630. The Morgan fingerprint density at radius 1 is 1.60 bits per heavy atom. The van der Waals surface area contributed by atoms with Gasteiger partial charge in [0.1, 0.15) is 5.83 Å². The van der Waals surface area contributed by atoms with E-state index in [1.807, 2.05) is 6.08 Å². The molecule has 2 aliphatic rings. The van der Waals surface area contributed by atoms with E-state index in [2.05, 4.69) is 5.32 Å². The van der Waals surface area contributed by atoms with Gasteiger partial charge in [0.15, 0.2) is 0 Å². The first-order valence-electron chi connectivity index (χ1n) is 3.64. The molecule has 0 spiro atoms. The van der Waals surface area contributed by atoms with E-state index in [-0.39, 0.29) is 5.83 Å². The summed E-state index contributed by atoms with van der Waals surface area (Å²) in [5.41, 5.74) is 0.975. The van der Waals surface area contributed by atoms with E-state index in [0.29, 0.717) is 5.92 Å². The molecule has 0 aromatic heterocycles. The molecular weight excluding hydrogens is 129 g/mol. The van der Waals surface area contributed by atoms with E-state index in [1.54, 1.807) is 6.08 Å². The van der Waals surface area contributed by atoms with Crippen LogP contribution in [-0.4, -0.2) is 13.1 Å². The number of hydrogen-bond donors (Lipinski definition) is 1. The summed E-state index contributed by atoms with van der Waals surface area (Å²) >= 11 is 0. The van der Waals surface area contributed by atoms with Crippen molar-refractivity contribution < 1.29 is 4.39 Å². The van der Waals surface area contributed by atoms with E-state index in [0.717, 1.165) is 25.1 Å². The average Bonchev–Trinajstić information content (AvgIpc) is 2.36.